The Labute approximate surface area is 112 Å². The minimum absolute atomic E-state index is 0.187. The van der Waals surface area contributed by atoms with Gasteiger partial charge < -0.3 is 16.0 Å². The highest BCUT2D eigenvalue weighted by atomic mass is 16.1. The van der Waals surface area contributed by atoms with Crippen LogP contribution in [-0.2, 0) is 4.79 Å². The number of hydrogen-bond acceptors (Lipinski definition) is 3. The molecule has 0 aliphatic heterocycles. The molecule has 18 heavy (non-hydrogen) atoms. The molecule has 0 radical (unpaired) electrons. The van der Waals surface area contributed by atoms with Crippen LogP contribution >= 0.6 is 0 Å². The molecule has 4 nitrogen and oxygen atoms in total. The van der Waals surface area contributed by atoms with Crippen LogP contribution in [0.5, 0.6) is 0 Å². The molecule has 0 aromatic heterocycles. The summed E-state index contributed by atoms with van der Waals surface area (Å²) in [5.74, 6) is 0.805. The third-order valence-corrected chi connectivity index (χ3v) is 3.16. The fraction of sp³-hybridized carbons (Fsp3) is 0.929. The normalized spacial score (nSPS) is 12.7. The summed E-state index contributed by atoms with van der Waals surface area (Å²) in [6.07, 6.45) is 6.04. The molecule has 0 aromatic carbocycles. The third-order valence-electron chi connectivity index (χ3n) is 3.16. The molecule has 0 saturated carbocycles. The van der Waals surface area contributed by atoms with Gasteiger partial charge in [-0.05, 0) is 52.4 Å². The monoisotopic (exact) mass is 257 g/mol. The second kappa shape index (κ2) is 11.5. The van der Waals surface area contributed by atoms with Crippen molar-refractivity contribution in [3.05, 3.63) is 0 Å². The lowest BCUT2D eigenvalue weighted by Gasteiger charge is -2.15. The molecule has 0 heterocycles. The van der Waals surface area contributed by atoms with Gasteiger partial charge in [-0.1, -0.05) is 19.8 Å². The SMILES string of the molecule is CCCC(CCN)CCC(=O)NCCCN(C)C. The van der Waals surface area contributed by atoms with E-state index in [9.17, 15) is 4.79 Å². The Kier molecular flexibility index (Phi) is 11.1. The van der Waals surface area contributed by atoms with Crippen LogP contribution in [0.1, 0.15) is 45.4 Å². The van der Waals surface area contributed by atoms with Gasteiger partial charge in [0, 0.05) is 13.0 Å². The van der Waals surface area contributed by atoms with Crippen LogP contribution in [0.3, 0.4) is 0 Å². The predicted octanol–water partition coefficient (Wildman–Crippen LogP) is 1.60. The van der Waals surface area contributed by atoms with Crippen LogP contribution in [-0.4, -0.2) is 44.5 Å². The van der Waals surface area contributed by atoms with Crippen molar-refractivity contribution in [2.24, 2.45) is 11.7 Å². The van der Waals surface area contributed by atoms with E-state index in [1.54, 1.807) is 0 Å². The average Bonchev–Trinajstić information content (AvgIpc) is 2.32. The zero-order valence-corrected chi connectivity index (χ0v) is 12.4. The van der Waals surface area contributed by atoms with Gasteiger partial charge in [0.25, 0.3) is 0 Å². The maximum absolute atomic E-state index is 11.6. The minimum Gasteiger partial charge on any atom is -0.356 e. The summed E-state index contributed by atoms with van der Waals surface area (Å²) in [4.78, 5) is 13.8. The molecular weight excluding hydrogens is 226 g/mol. The Morgan fingerprint density at radius 3 is 2.56 bits per heavy atom. The number of rotatable bonds is 11. The van der Waals surface area contributed by atoms with Gasteiger partial charge in [-0.15, -0.1) is 0 Å². The summed E-state index contributed by atoms with van der Waals surface area (Å²) in [6, 6.07) is 0. The van der Waals surface area contributed by atoms with E-state index in [1.165, 1.54) is 12.8 Å². The summed E-state index contributed by atoms with van der Waals surface area (Å²) in [5, 5.41) is 2.98. The lowest BCUT2D eigenvalue weighted by molar-refractivity contribution is -0.121. The highest BCUT2D eigenvalue weighted by Gasteiger charge is 2.09. The highest BCUT2D eigenvalue weighted by Crippen LogP contribution is 2.16. The van der Waals surface area contributed by atoms with Gasteiger partial charge in [-0.3, -0.25) is 4.79 Å². The van der Waals surface area contributed by atoms with Gasteiger partial charge in [-0.2, -0.15) is 0 Å². The van der Waals surface area contributed by atoms with Crippen LogP contribution in [0.25, 0.3) is 0 Å². The van der Waals surface area contributed by atoms with Gasteiger partial charge in [0.15, 0.2) is 0 Å². The molecule has 0 bridgehead atoms. The predicted molar refractivity (Wildman–Crippen MR) is 77.5 cm³/mol. The maximum atomic E-state index is 11.6. The molecule has 0 spiro atoms. The summed E-state index contributed by atoms with van der Waals surface area (Å²) >= 11 is 0. The standard InChI is InChI=1S/C14H31N3O/c1-4-6-13(9-10-15)7-8-14(18)16-11-5-12-17(2)3/h13H,4-12,15H2,1-3H3,(H,16,18). The van der Waals surface area contributed by atoms with E-state index in [0.717, 1.165) is 38.9 Å². The first-order chi connectivity index (χ1) is 8.60. The van der Waals surface area contributed by atoms with E-state index in [0.29, 0.717) is 12.3 Å². The highest BCUT2D eigenvalue weighted by molar-refractivity contribution is 5.75. The number of hydrogen-bond donors (Lipinski definition) is 2. The van der Waals surface area contributed by atoms with Crippen molar-refractivity contribution >= 4 is 5.91 Å². The van der Waals surface area contributed by atoms with E-state index in [2.05, 4.69) is 17.1 Å². The van der Waals surface area contributed by atoms with Gasteiger partial charge in [0.1, 0.15) is 0 Å². The molecular formula is C14H31N3O. The lowest BCUT2D eigenvalue weighted by Crippen LogP contribution is -2.27. The van der Waals surface area contributed by atoms with Crippen molar-refractivity contribution in [2.75, 3.05) is 33.7 Å². The molecule has 3 N–H and O–H groups in total. The maximum Gasteiger partial charge on any atom is 0.220 e. The molecule has 1 amide bonds. The lowest BCUT2D eigenvalue weighted by atomic mass is 9.94. The molecule has 0 aliphatic rings. The zero-order valence-electron chi connectivity index (χ0n) is 12.4. The van der Waals surface area contributed by atoms with E-state index in [4.69, 9.17) is 5.73 Å². The summed E-state index contributed by atoms with van der Waals surface area (Å²) in [6.45, 7) is 4.72. The first-order valence-electron chi connectivity index (χ1n) is 7.21. The number of nitrogens with two attached hydrogens (primary N) is 1. The Hall–Kier alpha value is -0.610. The largest absolute Gasteiger partial charge is 0.356 e. The molecule has 0 aromatic rings. The first-order valence-corrected chi connectivity index (χ1v) is 7.21. The van der Waals surface area contributed by atoms with Crippen LogP contribution in [0.2, 0.25) is 0 Å². The number of amides is 1. The van der Waals surface area contributed by atoms with Gasteiger partial charge in [0.2, 0.25) is 5.91 Å². The Morgan fingerprint density at radius 1 is 1.28 bits per heavy atom. The van der Waals surface area contributed by atoms with Gasteiger partial charge in [-0.25, -0.2) is 0 Å². The summed E-state index contributed by atoms with van der Waals surface area (Å²) in [5.41, 5.74) is 5.59. The second-order valence-electron chi connectivity index (χ2n) is 5.28. The van der Waals surface area contributed by atoms with Crippen molar-refractivity contribution in [1.29, 1.82) is 0 Å². The Morgan fingerprint density at radius 2 is 2.00 bits per heavy atom. The van der Waals surface area contributed by atoms with Gasteiger partial charge in [0.05, 0.1) is 0 Å². The molecule has 1 atom stereocenters. The van der Waals surface area contributed by atoms with Crippen molar-refractivity contribution in [3.63, 3.8) is 0 Å². The first kappa shape index (κ1) is 17.4. The molecule has 4 heteroatoms. The van der Waals surface area contributed by atoms with Crippen LogP contribution in [0.15, 0.2) is 0 Å². The molecule has 0 rings (SSSR count). The molecule has 0 aliphatic carbocycles. The molecule has 108 valence electrons. The smallest absolute Gasteiger partial charge is 0.220 e. The average molecular weight is 257 g/mol. The van der Waals surface area contributed by atoms with Crippen molar-refractivity contribution < 1.29 is 4.79 Å². The van der Waals surface area contributed by atoms with E-state index < -0.39 is 0 Å². The molecule has 0 saturated heterocycles. The van der Waals surface area contributed by atoms with E-state index in [1.807, 2.05) is 14.1 Å². The van der Waals surface area contributed by atoms with Crippen LogP contribution in [0, 0.1) is 5.92 Å². The quantitative estimate of drug-likeness (QED) is 0.553. The third kappa shape index (κ3) is 10.5. The Bertz CT molecular complexity index is 201. The fourth-order valence-corrected chi connectivity index (χ4v) is 2.12. The van der Waals surface area contributed by atoms with E-state index >= 15 is 0 Å². The number of nitrogens with zero attached hydrogens (tertiary/aromatic N) is 1. The molecule has 0 fully saturated rings. The number of carbonyl (C=O) groups excluding carboxylic acids is 1. The fourth-order valence-electron chi connectivity index (χ4n) is 2.12. The number of nitrogens with one attached hydrogen (secondary N) is 1. The summed E-state index contributed by atoms with van der Waals surface area (Å²) in [7, 11) is 4.09. The van der Waals surface area contributed by atoms with E-state index in [-0.39, 0.29) is 5.91 Å². The summed E-state index contributed by atoms with van der Waals surface area (Å²) < 4.78 is 0. The zero-order chi connectivity index (χ0) is 13.8. The van der Waals surface area contributed by atoms with Gasteiger partial charge >= 0.3 is 0 Å². The van der Waals surface area contributed by atoms with Crippen molar-refractivity contribution in [3.8, 4) is 0 Å². The second-order valence-corrected chi connectivity index (χ2v) is 5.28. The van der Waals surface area contributed by atoms with Crippen molar-refractivity contribution in [1.82, 2.24) is 10.2 Å². The number of carbonyl (C=O) groups is 1. The minimum atomic E-state index is 0.187. The van der Waals surface area contributed by atoms with Crippen molar-refractivity contribution in [2.45, 2.75) is 45.4 Å². The molecule has 1 unspecified atom stereocenters. The van der Waals surface area contributed by atoms with Crippen LogP contribution < -0.4 is 11.1 Å². The topological polar surface area (TPSA) is 58.4 Å². The van der Waals surface area contributed by atoms with Crippen LogP contribution in [0.4, 0.5) is 0 Å². The Balaban J connectivity index is 3.60.